The quantitative estimate of drug-likeness (QED) is 0.265. The van der Waals surface area contributed by atoms with Crippen LogP contribution in [0.25, 0.3) is 0 Å². The van der Waals surface area contributed by atoms with Gasteiger partial charge in [0.2, 0.25) is 5.82 Å². The molecular formula is C30H44F2O. The number of fused-ring (bicyclic) bond motifs is 1. The van der Waals surface area contributed by atoms with Crippen molar-refractivity contribution < 1.29 is 13.5 Å². The minimum atomic E-state index is -0.824. The number of rotatable bonds is 9. The van der Waals surface area contributed by atoms with Crippen LogP contribution in [0.4, 0.5) is 8.78 Å². The van der Waals surface area contributed by atoms with Crippen molar-refractivity contribution in [3.05, 3.63) is 42.0 Å². The molecule has 1 nitrogen and oxygen atoms in total. The first-order valence-corrected chi connectivity index (χ1v) is 13.8. The normalized spacial score (nSPS) is 32.2. The van der Waals surface area contributed by atoms with Gasteiger partial charge in [-0.25, -0.2) is 4.39 Å². The summed E-state index contributed by atoms with van der Waals surface area (Å²) in [6.07, 6.45) is 19.5. The molecule has 0 spiro atoms. The molecule has 3 saturated carbocycles. The molecular weight excluding hydrogens is 414 g/mol. The molecule has 184 valence electrons. The Morgan fingerprint density at radius 3 is 2.27 bits per heavy atom. The van der Waals surface area contributed by atoms with Gasteiger partial charge in [-0.3, -0.25) is 0 Å². The Morgan fingerprint density at radius 1 is 0.848 bits per heavy atom. The summed E-state index contributed by atoms with van der Waals surface area (Å²) in [6, 6.07) is 3.39. The van der Waals surface area contributed by atoms with Crippen LogP contribution < -0.4 is 4.74 Å². The highest BCUT2D eigenvalue weighted by Crippen LogP contribution is 2.49. The Kier molecular flexibility index (Phi) is 8.88. The van der Waals surface area contributed by atoms with Crippen LogP contribution in [0.5, 0.6) is 5.75 Å². The summed E-state index contributed by atoms with van der Waals surface area (Å²) in [5, 5.41) is 0. The number of ether oxygens (including phenoxy) is 1. The SMILES string of the molecule is C=CCCOc1ccc(C2CCC3CC(CCC4CCC(CC)CC4)CCC3C2)c(F)c1F. The summed E-state index contributed by atoms with van der Waals surface area (Å²) in [4.78, 5) is 0. The van der Waals surface area contributed by atoms with Crippen molar-refractivity contribution in [1.29, 1.82) is 0 Å². The standard InChI is InChI=1S/C30H44F2O/c1-3-5-18-33-28-17-16-27(29(31)30(28)32)26-15-14-24-19-23(12-13-25(24)20-26)11-10-22-8-6-21(4-2)7-9-22/h3,16-17,21-26H,1,4-15,18-20H2,2H3. The van der Waals surface area contributed by atoms with E-state index in [4.69, 9.17) is 4.74 Å². The summed E-state index contributed by atoms with van der Waals surface area (Å²) in [5.41, 5.74) is 0.562. The van der Waals surface area contributed by atoms with Gasteiger partial charge in [-0.15, -0.1) is 6.58 Å². The molecule has 3 heteroatoms. The number of benzene rings is 1. The maximum Gasteiger partial charge on any atom is 0.200 e. The Hall–Kier alpha value is -1.38. The summed E-state index contributed by atoms with van der Waals surface area (Å²) in [6.45, 7) is 6.31. The fourth-order valence-corrected chi connectivity index (χ4v) is 7.16. The molecule has 1 aromatic carbocycles. The third-order valence-electron chi connectivity index (χ3n) is 9.34. The Morgan fingerprint density at radius 2 is 1.52 bits per heavy atom. The highest BCUT2D eigenvalue weighted by atomic mass is 19.2. The lowest BCUT2D eigenvalue weighted by Crippen LogP contribution is -2.31. The first-order valence-electron chi connectivity index (χ1n) is 13.8. The van der Waals surface area contributed by atoms with Gasteiger partial charge in [0.05, 0.1) is 6.61 Å². The van der Waals surface area contributed by atoms with Crippen LogP contribution in [0.1, 0.15) is 108 Å². The smallest absolute Gasteiger partial charge is 0.200 e. The van der Waals surface area contributed by atoms with E-state index in [2.05, 4.69) is 13.5 Å². The van der Waals surface area contributed by atoms with Crippen molar-refractivity contribution in [3.63, 3.8) is 0 Å². The Bertz CT molecular complexity index is 767. The van der Waals surface area contributed by atoms with Gasteiger partial charge in [0.25, 0.3) is 0 Å². The van der Waals surface area contributed by atoms with Crippen LogP contribution in [0.3, 0.4) is 0 Å². The summed E-state index contributed by atoms with van der Waals surface area (Å²) in [7, 11) is 0. The van der Waals surface area contributed by atoms with E-state index in [0.29, 0.717) is 24.5 Å². The highest BCUT2D eigenvalue weighted by molar-refractivity contribution is 5.33. The molecule has 4 atom stereocenters. The van der Waals surface area contributed by atoms with E-state index in [1.807, 2.05) is 0 Å². The fourth-order valence-electron chi connectivity index (χ4n) is 7.16. The summed E-state index contributed by atoms with van der Waals surface area (Å²) < 4.78 is 34.9. The molecule has 0 bridgehead atoms. The second kappa shape index (κ2) is 11.8. The van der Waals surface area contributed by atoms with Crippen LogP contribution in [-0.4, -0.2) is 6.61 Å². The van der Waals surface area contributed by atoms with E-state index in [1.54, 1.807) is 18.2 Å². The Labute approximate surface area is 200 Å². The number of halogens is 2. The Balaban J connectivity index is 1.26. The molecule has 33 heavy (non-hydrogen) atoms. The van der Waals surface area contributed by atoms with Crippen LogP contribution in [0.15, 0.2) is 24.8 Å². The van der Waals surface area contributed by atoms with Gasteiger partial charge in [-0.05, 0) is 85.7 Å². The largest absolute Gasteiger partial charge is 0.490 e. The molecule has 0 heterocycles. The minimum absolute atomic E-state index is 0.0236. The molecule has 4 rings (SSSR count). The number of hydrogen-bond donors (Lipinski definition) is 0. The van der Waals surface area contributed by atoms with E-state index in [0.717, 1.165) is 36.5 Å². The van der Waals surface area contributed by atoms with Gasteiger partial charge >= 0.3 is 0 Å². The summed E-state index contributed by atoms with van der Waals surface area (Å²) in [5.74, 6) is 3.00. The van der Waals surface area contributed by atoms with Gasteiger partial charge in [-0.1, -0.05) is 70.4 Å². The molecule has 0 aliphatic heterocycles. The van der Waals surface area contributed by atoms with E-state index in [-0.39, 0.29) is 11.7 Å². The predicted molar refractivity (Wildman–Crippen MR) is 133 cm³/mol. The van der Waals surface area contributed by atoms with Crippen LogP contribution in [0, 0.1) is 41.2 Å². The zero-order chi connectivity index (χ0) is 23.2. The van der Waals surface area contributed by atoms with Gasteiger partial charge in [0, 0.05) is 0 Å². The first-order chi connectivity index (χ1) is 16.1. The third-order valence-corrected chi connectivity index (χ3v) is 9.34. The molecule has 1 aromatic rings. The lowest BCUT2D eigenvalue weighted by molar-refractivity contribution is 0.108. The van der Waals surface area contributed by atoms with Crippen LogP contribution >= 0.6 is 0 Å². The van der Waals surface area contributed by atoms with Gasteiger partial charge in [0.1, 0.15) is 0 Å². The van der Waals surface area contributed by atoms with Gasteiger partial charge < -0.3 is 4.74 Å². The van der Waals surface area contributed by atoms with E-state index >= 15 is 0 Å². The summed E-state index contributed by atoms with van der Waals surface area (Å²) >= 11 is 0. The first kappa shape index (κ1) is 24.7. The molecule has 3 aliphatic rings. The molecule has 0 saturated heterocycles. The zero-order valence-electron chi connectivity index (χ0n) is 20.7. The van der Waals surface area contributed by atoms with Crippen molar-refractivity contribution in [2.45, 2.75) is 103 Å². The average molecular weight is 459 g/mol. The van der Waals surface area contributed by atoms with Crippen molar-refractivity contribution in [2.75, 3.05) is 6.61 Å². The maximum atomic E-state index is 14.9. The van der Waals surface area contributed by atoms with Crippen molar-refractivity contribution in [3.8, 4) is 5.75 Å². The van der Waals surface area contributed by atoms with Crippen molar-refractivity contribution >= 4 is 0 Å². The molecule has 0 radical (unpaired) electrons. The van der Waals surface area contributed by atoms with Crippen LogP contribution in [-0.2, 0) is 0 Å². The average Bonchev–Trinajstić information content (AvgIpc) is 2.85. The predicted octanol–water partition coefficient (Wildman–Crippen LogP) is 9.22. The second-order valence-electron chi connectivity index (χ2n) is 11.3. The molecule has 0 N–H and O–H groups in total. The molecule has 0 aromatic heterocycles. The topological polar surface area (TPSA) is 9.23 Å². The molecule has 4 unspecified atom stereocenters. The lowest BCUT2D eigenvalue weighted by Gasteiger charge is -2.43. The maximum absolute atomic E-state index is 14.9. The van der Waals surface area contributed by atoms with Gasteiger partial charge in [0.15, 0.2) is 11.6 Å². The van der Waals surface area contributed by atoms with Crippen LogP contribution in [0.2, 0.25) is 0 Å². The molecule has 3 fully saturated rings. The number of hydrogen-bond acceptors (Lipinski definition) is 1. The lowest BCUT2D eigenvalue weighted by atomic mass is 9.63. The zero-order valence-corrected chi connectivity index (χ0v) is 20.7. The van der Waals surface area contributed by atoms with Crippen molar-refractivity contribution in [2.24, 2.45) is 29.6 Å². The van der Waals surface area contributed by atoms with E-state index in [9.17, 15) is 8.78 Å². The van der Waals surface area contributed by atoms with E-state index < -0.39 is 11.6 Å². The fraction of sp³-hybridized carbons (Fsp3) is 0.733. The third kappa shape index (κ3) is 6.20. The van der Waals surface area contributed by atoms with E-state index in [1.165, 1.54) is 70.6 Å². The highest BCUT2D eigenvalue weighted by Gasteiger charge is 2.37. The van der Waals surface area contributed by atoms with Gasteiger partial charge in [-0.2, -0.15) is 4.39 Å². The second-order valence-corrected chi connectivity index (χ2v) is 11.3. The monoisotopic (exact) mass is 458 g/mol. The van der Waals surface area contributed by atoms with Crippen molar-refractivity contribution in [1.82, 2.24) is 0 Å². The minimum Gasteiger partial charge on any atom is -0.490 e. The molecule has 0 amide bonds. The molecule has 3 aliphatic carbocycles.